The van der Waals surface area contributed by atoms with Gasteiger partial charge in [0.15, 0.2) is 0 Å². The molecule has 0 aliphatic carbocycles. The first-order valence-corrected chi connectivity index (χ1v) is 5.64. The molecule has 0 fully saturated rings. The quantitative estimate of drug-likeness (QED) is 0.881. The smallest absolute Gasteiger partial charge is 0.123 e. The zero-order chi connectivity index (χ0) is 12.3. The van der Waals surface area contributed by atoms with Crippen LogP contribution in [0.25, 0.3) is 0 Å². The number of hydrogen-bond acceptors (Lipinski definition) is 2. The van der Waals surface area contributed by atoms with Crippen LogP contribution in [0.15, 0.2) is 36.7 Å². The van der Waals surface area contributed by atoms with Crippen LogP contribution in [0, 0.1) is 5.82 Å². The molecule has 0 spiro atoms. The summed E-state index contributed by atoms with van der Waals surface area (Å²) in [5.74, 6) is -0.292. The number of aliphatic hydroxyl groups excluding tert-OH is 1. The third kappa shape index (κ3) is 2.91. The molecule has 0 aliphatic rings. The molecular weight excluding hydrogens is 219 g/mol. The Labute approximate surface area is 99.5 Å². The number of aryl methyl sites for hydroxylation is 1. The average Bonchev–Trinajstić information content (AvgIpc) is 2.77. The first-order valence-electron chi connectivity index (χ1n) is 5.64. The van der Waals surface area contributed by atoms with Gasteiger partial charge in [-0.1, -0.05) is 12.1 Å². The number of nitrogens with zero attached hydrogens (tertiary/aromatic N) is 2. The van der Waals surface area contributed by atoms with E-state index in [-0.39, 0.29) is 5.82 Å². The van der Waals surface area contributed by atoms with Gasteiger partial charge in [-0.2, -0.15) is 5.10 Å². The third-order valence-corrected chi connectivity index (χ3v) is 2.69. The largest absolute Gasteiger partial charge is 0.388 e. The summed E-state index contributed by atoms with van der Waals surface area (Å²) in [7, 11) is 0. The molecule has 1 N–H and O–H groups in total. The molecule has 2 aromatic rings. The van der Waals surface area contributed by atoms with Crippen molar-refractivity contribution in [1.29, 1.82) is 0 Å². The van der Waals surface area contributed by atoms with Crippen LogP contribution in [0.3, 0.4) is 0 Å². The lowest BCUT2D eigenvalue weighted by molar-refractivity contribution is 0.178. The Bertz CT molecular complexity index is 478. The summed E-state index contributed by atoms with van der Waals surface area (Å²) in [5, 5.41) is 14.1. The Balaban J connectivity index is 2.05. The van der Waals surface area contributed by atoms with Gasteiger partial charge in [0.25, 0.3) is 0 Å². The molecule has 90 valence electrons. The van der Waals surface area contributed by atoms with Gasteiger partial charge in [-0.3, -0.25) is 4.68 Å². The highest BCUT2D eigenvalue weighted by Gasteiger charge is 2.09. The molecule has 1 atom stereocenters. The monoisotopic (exact) mass is 234 g/mol. The summed E-state index contributed by atoms with van der Waals surface area (Å²) >= 11 is 0. The first-order chi connectivity index (χ1) is 8.19. The van der Waals surface area contributed by atoms with E-state index in [1.165, 1.54) is 12.1 Å². The van der Waals surface area contributed by atoms with E-state index < -0.39 is 6.10 Å². The van der Waals surface area contributed by atoms with Crippen LogP contribution in [-0.2, 0) is 13.0 Å². The molecule has 4 heteroatoms. The van der Waals surface area contributed by atoms with Gasteiger partial charge >= 0.3 is 0 Å². The van der Waals surface area contributed by atoms with Crippen LogP contribution in [0.5, 0.6) is 0 Å². The molecule has 0 bridgehead atoms. The highest BCUT2D eigenvalue weighted by molar-refractivity contribution is 5.20. The Morgan fingerprint density at radius 3 is 2.65 bits per heavy atom. The summed E-state index contributed by atoms with van der Waals surface area (Å²) in [6, 6.07) is 5.91. The normalized spacial score (nSPS) is 12.6. The minimum Gasteiger partial charge on any atom is -0.388 e. The van der Waals surface area contributed by atoms with E-state index in [0.29, 0.717) is 6.42 Å². The fourth-order valence-corrected chi connectivity index (χ4v) is 1.71. The predicted molar refractivity (Wildman–Crippen MR) is 63.0 cm³/mol. The topological polar surface area (TPSA) is 38.0 Å². The molecule has 1 heterocycles. The Morgan fingerprint density at radius 2 is 2.06 bits per heavy atom. The average molecular weight is 234 g/mol. The zero-order valence-corrected chi connectivity index (χ0v) is 9.68. The number of benzene rings is 1. The van der Waals surface area contributed by atoms with Crippen molar-refractivity contribution in [2.75, 3.05) is 0 Å². The molecule has 0 aliphatic heterocycles. The van der Waals surface area contributed by atoms with E-state index in [2.05, 4.69) is 5.10 Å². The minimum absolute atomic E-state index is 0.292. The Hall–Kier alpha value is -1.68. The highest BCUT2D eigenvalue weighted by atomic mass is 19.1. The van der Waals surface area contributed by atoms with Gasteiger partial charge in [0.1, 0.15) is 5.82 Å². The lowest BCUT2D eigenvalue weighted by atomic mass is 10.0. The summed E-state index contributed by atoms with van der Waals surface area (Å²) in [6.45, 7) is 2.82. The number of aliphatic hydroxyl groups is 1. The molecular formula is C13H15FN2O. The first kappa shape index (κ1) is 11.8. The SMILES string of the molecule is CCn1cc(CC(O)c2ccc(F)cc2)cn1. The number of hydrogen-bond donors (Lipinski definition) is 1. The van der Waals surface area contributed by atoms with Crippen molar-refractivity contribution in [2.45, 2.75) is 26.0 Å². The van der Waals surface area contributed by atoms with E-state index in [0.717, 1.165) is 17.7 Å². The number of aromatic nitrogens is 2. The molecule has 1 aromatic carbocycles. The third-order valence-electron chi connectivity index (χ3n) is 2.69. The predicted octanol–water partition coefficient (Wildman–Crippen LogP) is 2.32. The fraction of sp³-hybridized carbons (Fsp3) is 0.308. The molecule has 0 radical (unpaired) electrons. The van der Waals surface area contributed by atoms with Gasteiger partial charge in [0.05, 0.1) is 12.3 Å². The van der Waals surface area contributed by atoms with Crippen molar-refractivity contribution in [3.8, 4) is 0 Å². The minimum atomic E-state index is -0.620. The van der Waals surface area contributed by atoms with Crippen molar-refractivity contribution in [3.63, 3.8) is 0 Å². The summed E-state index contributed by atoms with van der Waals surface area (Å²) in [6.07, 6.45) is 3.53. The molecule has 1 aromatic heterocycles. The van der Waals surface area contributed by atoms with Gasteiger partial charge in [-0.05, 0) is 30.2 Å². The van der Waals surface area contributed by atoms with Crippen LogP contribution in [0.4, 0.5) is 4.39 Å². The fourth-order valence-electron chi connectivity index (χ4n) is 1.71. The van der Waals surface area contributed by atoms with Gasteiger partial charge < -0.3 is 5.11 Å². The number of halogens is 1. The second-order valence-electron chi connectivity index (χ2n) is 3.98. The summed E-state index contributed by atoms with van der Waals surface area (Å²) in [4.78, 5) is 0. The van der Waals surface area contributed by atoms with E-state index >= 15 is 0 Å². The zero-order valence-electron chi connectivity index (χ0n) is 9.68. The van der Waals surface area contributed by atoms with Gasteiger partial charge in [-0.15, -0.1) is 0 Å². The lowest BCUT2D eigenvalue weighted by Crippen LogP contribution is -2.01. The van der Waals surface area contributed by atoms with Crippen LogP contribution in [0.2, 0.25) is 0 Å². The maximum Gasteiger partial charge on any atom is 0.123 e. The maximum absolute atomic E-state index is 12.7. The summed E-state index contributed by atoms with van der Waals surface area (Å²) in [5.41, 5.74) is 1.69. The maximum atomic E-state index is 12.7. The van der Waals surface area contributed by atoms with Crippen LogP contribution < -0.4 is 0 Å². The second-order valence-corrected chi connectivity index (χ2v) is 3.98. The molecule has 2 rings (SSSR count). The van der Waals surface area contributed by atoms with Gasteiger partial charge in [0.2, 0.25) is 0 Å². The molecule has 0 amide bonds. The van der Waals surface area contributed by atoms with E-state index in [1.54, 1.807) is 18.3 Å². The summed E-state index contributed by atoms with van der Waals surface area (Å²) < 4.78 is 14.5. The van der Waals surface area contributed by atoms with Gasteiger partial charge in [-0.25, -0.2) is 4.39 Å². The lowest BCUT2D eigenvalue weighted by Gasteiger charge is -2.09. The molecule has 0 saturated heterocycles. The Kier molecular flexibility index (Phi) is 3.54. The van der Waals surface area contributed by atoms with E-state index in [4.69, 9.17) is 0 Å². The highest BCUT2D eigenvalue weighted by Crippen LogP contribution is 2.18. The van der Waals surface area contributed by atoms with Gasteiger partial charge in [0, 0.05) is 19.2 Å². The van der Waals surface area contributed by atoms with Crippen LogP contribution >= 0.6 is 0 Å². The standard InChI is InChI=1S/C13H15FN2O/c1-2-16-9-10(8-15-16)7-13(17)11-3-5-12(14)6-4-11/h3-6,8-9,13,17H,2,7H2,1H3. The van der Waals surface area contributed by atoms with Crippen LogP contribution in [0.1, 0.15) is 24.2 Å². The van der Waals surface area contributed by atoms with Crippen molar-refractivity contribution in [3.05, 3.63) is 53.6 Å². The van der Waals surface area contributed by atoms with Crippen molar-refractivity contribution >= 4 is 0 Å². The van der Waals surface area contributed by atoms with Crippen molar-refractivity contribution in [2.24, 2.45) is 0 Å². The molecule has 1 unspecified atom stereocenters. The van der Waals surface area contributed by atoms with Crippen molar-refractivity contribution < 1.29 is 9.50 Å². The van der Waals surface area contributed by atoms with E-state index in [9.17, 15) is 9.50 Å². The van der Waals surface area contributed by atoms with Crippen LogP contribution in [-0.4, -0.2) is 14.9 Å². The van der Waals surface area contributed by atoms with Crippen molar-refractivity contribution in [1.82, 2.24) is 9.78 Å². The van der Waals surface area contributed by atoms with E-state index in [1.807, 2.05) is 17.8 Å². The Morgan fingerprint density at radius 1 is 1.35 bits per heavy atom. The second kappa shape index (κ2) is 5.10. The molecule has 3 nitrogen and oxygen atoms in total. The molecule has 17 heavy (non-hydrogen) atoms. The molecule has 0 saturated carbocycles. The number of rotatable bonds is 4.